The molecule has 0 radical (unpaired) electrons. The number of aryl methyl sites for hydroxylation is 2. The molecule has 2 aromatic carbocycles. The predicted molar refractivity (Wildman–Crippen MR) is 110 cm³/mol. The number of carbonyl (C=O) groups excluding carboxylic acids is 1. The monoisotopic (exact) mass is 393 g/mol. The number of phenolic OH excluding ortho intramolecular Hbond substituents is 1. The summed E-state index contributed by atoms with van der Waals surface area (Å²) < 4.78 is 11.3. The lowest BCUT2D eigenvalue weighted by Gasteiger charge is -2.25. The van der Waals surface area contributed by atoms with Crippen LogP contribution < -0.4 is 10.2 Å². The van der Waals surface area contributed by atoms with Crippen molar-refractivity contribution in [3.63, 3.8) is 0 Å². The lowest BCUT2D eigenvalue weighted by Crippen LogP contribution is -2.30. The van der Waals surface area contributed by atoms with Gasteiger partial charge in [-0.25, -0.2) is 0 Å². The molecule has 1 aliphatic heterocycles. The minimum Gasteiger partial charge on any atom is -0.504 e. The van der Waals surface area contributed by atoms with E-state index >= 15 is 0 Å². The van der Waals surface area contributed by atoms with Gasteiger partial charge < -0.3 is 19.2 Å². The number of nitrogens with zero attached hydrogens (tertiary/aromatic N) is 1. The van der Waals surface area contributed by atoms with Gasteiger partial charge in [-0.3, -0.25) is 9.59 Å². The molecular weight excluding hydrogens is 370 g/mol. The van der Waals surface area contributed by atoms with Crippen LogP contribution in [0.3, 0.4) is 0 Å². The number of aromatic hydroxyl groups is 1. The Kier molecular flexibility index (Phi) is 4.57. The number of phenols is 1. The summed E-state index contributed by atoms with van der Waals surface area (Å²) >= 11 is 0. The fourth-order valence-electron chi connectivity index (χ4n) is 4.16. The fraction of sp³-hybridized carbons (Fsp3) is 0.304. The molecule has 1 atom stereocenters. The van der Waals surface area contributed by atoms with Crippen LogP contribution in [-0.2, 0) is 0 Å². The Bertz CT molecular complexity index is 1190. The number of rotatable bonds is 4. The van der Waals surface area contributed by atoms with E-state index in [1.54, 1.807) is 23.1 Å². The Labute approximate surface area is 168 Å². The largest absolute Gasteiger partial charge is 0.504 e. The zero-order chi connectivity index (χ0) is 20.9. The summed E-state index contributed by atoms with van der Waals surface area (Å²) in [5.41, 5.74) is 3.07. The van der Waals surface area contributed by atoms with Crippen molar-refractivity contribution in [3.8, 4) is 11.5 Å². The third-order valence-corrected chi connectivity index (χ3v) is 5.38. The van der Waals surface area contributed by atoms with Gasteiger partial charge in [-0.1, -0.05) is 19.1 Å². The molecule has 1 amide bonds. The second-order valence-electron chi connectivity index (χ2n) is 7.46. The van der Waals surface area contributed by atoms with Crippen molar-refractivity contribution in [1.29, 1.82) is 0 Å². The molecule has 6 nitrogen and oxygen atoms in total. The van der Waals surface area contributed by atoms with Crippen molar-refractivity contribution in [2.24, 2.45) is 0 Å². The van der Waals surface area contributed by atoms with E-state index in [0.717, 1.165) is 17.5 Å². The summed E-state index contributed by atoms with van der Waals surface area (Å²) in [4.78, 5) is 28.3. The number of fused-ring (bicyclic) bond motifs is 2. The molecule has 0 saturated carbocycles. The first-order valence-electron chi connectivity index (χ1n) is 9.63. The Balaban J connectivity index is 2.03. The van der Waals surface area contributed by atoms with E-state index in [-0.39, 0.29) is 28.6 Å². The molecule has 0 bridgehead atoms. The lowest BCUT2D eigenvalue weighted by atomic mass is 9.97. The summed E-state index contributed by atoms with van der Waals surface area (Å²) in [7, 11) is 1.46. The predicted octanol–water partition coefficient (Wildman–Crippen LogP) is 4.08. The van der Waals surface area contributed by atoms with Crippen molar-refractivity contribution < 1.29 is 19.1 Å². The van der Waals surface area contributed by atoms with Crippen LogP contribution in [0.2, 0.25) is 0 Å². The van der Waals surface area contributed by atoms with E-state index in [9.17, 15) is 14.7 Å². The van der Waals surface area contributed by atoms with Crippen molar-refractivity contribution in [2.75, 3.05) is 13.7 Å². The quantitative estimate of drug-likeness (QED) is 0.722. The van der Waals surface area contributed by atoms with Crippen molar-refractivity contribution in [1.82, 2.24) is 4.90 Å². The highest BCUT2D eigenvalue weighted by Crippen LogP contribution is 2.41. The van der Waals surface area contributed by atoms with Gasteiger partial charge in [0.15, 0.2) is 16.9 Å². The van der Waals surface area contributed by atoms with Gasteiger partial charge in [0.05, 0.1) is 24.1 Å². The fourth-order valence-corrected chi connectivity index (χ4v) is 4.16. The molecule has 0 fully saturated rings. The first kappa shape index (κ1) is 19.1. The number of benzene rings is 2. The molecule has 3 aromatic rings. The van der Waals surface area contributed by atoms with Crippen LogP contribution in [0.15, 0.2) is 39.5 Å². The maximum atomic E-state index is 13.5. The highest BCUT2D eigenvalue weighted by Gasteiger charge is 2.42. The zero-order valence-corrected chi connectivity index (χ0v) is 16.9. The van der Waals surface area contributed by atoms with Gasteiger partial charge in [0, 0.05) is 6.54 Å². The second-order valence-corrected chi connectivity index (χ2v) is 7.46. The molecule has 0 aliphatic carbocycles. The van der Waals surface area contributed by atoms with Gasteiger partial charge in [0.25, 0.3) is 5.91 Å². The standard InChI is InChI=1S/C23H23NO5/c1-5-8-24-19(14-6-7-16(25)17(11-14)28-4)18-20(26)15-10-12(2)9-13(3)21(15)29-22(18)23(24)27/h6-7,9-11,19,25H,5,8H2,1-4H3/t19-/m0/s1. The van der Waals surface area contributed by atoms with E-state index in [2.05, 4.69) is 0 Å². The van der Waals surface area contributed by atoms with E-state index in [1.165, 1.54) is 13.2 Å². The minimum atomic E-state index is -0.589. The molecule has 1 N–H and O–H groups in total. The average Bonchev–Trinajstić information content (AvgIpc) is 2.96. The summed E-state index contributed by atoms with van der Waals surface area (Å²) in [6.07, 6.45) is 0.733. The van der Waals surface area contributed by atoms with Crippen molar-refractivity contribution in [2.45, 2.75) is 33.2 Å². The van der Waals surface area contributed by atoms with E-state index in [1.807, 2.05) is 26.8 Å². The molecule has 0 saturated heterocycles. The smallest absolute Gasteiger partial charge is 0.290 e. The Morgan fingerprint density at radius 1 is 1.17 bits per heavy atom. The summed E-state index contributed by atoms with van der Waals surface area (Å²) in [5, 5.41) is 10.4. The van der Waals surface area contributed by atoms with Gasteiger partial charge in [-0.2, -0.15) is 0 Å². The van der Waals surface area contributed by atoms with Crippen LogP contribution in [0.4, 0.5) is 0 Å². The summed E-state index contributed by atoms with van der Waals surface area (Å²) in [5.74, 6) is 0.0918. The third-order valence-electron chi connectivity index (χ3n) is 5.38. The van der Waals surface area contributed by atoms with Crippen LogP contribution in [0, 0.1) is 13.8 Å². The van der Waals surface area contributed by atoms with Crippen molar-refractivity contribution >= 4 is 16.9 Å². The average molecular weight is 393 g/mol. The van der Waals surface area contributed by atoms with Gasteiger partial charge in [0.1, 0.15) is 5.58 Å². The van der Waals surface area contributed by atoms with E-state index in [0.29, 0.717) is 28.6 Å². The molecule has 1 aliphatic rings. The van der Waals surface area contributed by atoms with Crippen LogP contribution in [0.25, 0.3) is 11.0 Å². The van der Waals surface area contributed by atoms with Gasteiger partial charge in [0.2, 0.25) is 5.76 Å². The summed E-state index contributed by atoms with van der Waals surface area (Å²) in [6.45, 7) is 6.25. The Morgan fingerprint density at radius 3 is 2.62 bits per heavy atom. The van der Waals surface area contributed by atoms with E-state index in [4.69, 9.17) is 9.15 Å². The first-order valence-corrected chi connectivity index (χ1v) is 9.63. The molecular formula is C23H23NO5. The lowest BCUT2D eigenvalue weighted by molar-refractivity contribution is 0.0728. The highest BCUT2D eigenvalue weighted by atomic mass is 16.5. The van der Waals surface area contributed by atoms with Gasteiger partial charge >= 0.3 is 0 Å². The van der Waals surface area contributed by atoms with E-state index < -0.39 is 6.04 Å². The number of amides is 1. The Morgan fingerprint density at radius 2 is 1.93 bits per heavy atom. The van der Waals surface area contributed by atoms with Crippen molar-refractivity contribution in [3.05, 3.63) is 68.6 Å². The molecule has 0 spiro atoms. The minimum absolute atomic E-state index is 0.000339. The molecule has 150 valence electrons. The normalized spacial score (nSPS) is 15.8. The maximum Gasteiger partial charge on any atom is 0.290 e. The highest BCUT2D eigenvalue weighted by molar-refractivity contribution is 5.99. The first-order chi connectivity index (χ1) is 13.9. The van der Waals surface area contributed by atoms with Crippen LogP contribution >= 0.6 is 0 Å². The Hall–Kier alpha value is -3.28. The zero-order valence-electron chi connectivity index (χ0n) is 16.9. The van der Waals surface area contributed by atoms with Gasteiger partial charge in [-0.05, 0) is 55.2 Å². The molecule has 29 heavy (non-hydrogen) atoms. The van der Waals surface area contributed by atoms with Gasteiger partial charge in [-0.15, -0.1) is 0 Å². The van der Waals surface area contributed by atoms with Crippen LogP contribution in [-0.4, -0.2) is 29.6 Å². The number of methoxy groups -OCH3 is 1. The third kappa shape index (κ3) is 2.87. The van der Waals surface area contributed by atoms with Crippen LogP contribution in [0.5, 0.6) is 11.5 Å². The summed E-state index contributed by atoms with van der Waals surface area (Å²) in [6, 6.07) is 8.03. The number of ether oxygens (including phenoxy) is 1. The topological polar surface area (TPSA) is 80.0 Å². The molecule has 2 heterocycles. The molecule has 1 aromatic heterocycles. The second kappa shape index (κ2) is 6.95. The molecule has 0 unspecified atom stereocenters. The maximum absolute atomic E-state index is 13.5. The SMILES string of the molecule is CCCN1C(=O)c2oc3c(C)cc(C)cc3c(=O)c2[C@@H]1c1ccc(O)c(OC)c1. The molecule has 6 heteroatoms. The number of carbonyl (C=O) groups is 1. The molecule has 4 rings (SSSR count). The number of hydrogen-bond donors (Lipinski definition) is 1. The number of hydrogen-bond acceptors (Lipinski definition) is 5. The van der Waals surface area contributed by atoms with Crippen LogP contribution in [0.1, 0.15) is 52.2 Å².